The Labute approximate surface area is 128 Å². The number of hydrogen-bond donors (Lipinski definition) is 1. The number of anilines is 1. The van der Waals surface area contributed by atoms with Crippen molar-refractivity contribution in [3.63, 3.8) is 0 Å². The van der Waals surface area contributed by atoms with Crippen molar-refractivity contribution < 1.29 is 8.42 Å². The zero-order chi connectivity index (χ0) is 15.5. The molecule has 1 aromatic rings. The van der Waals surface area contributed by atoms with Gasteiger partial charge in [0.2, 0.25) is 10.0 Å². The Bertz CT molecular complexity index is 557. The summed E-state index contributed by atoms with van der Waals surface area (Å²) in [6, 6.07) is 7.28. The number of nitrogens with one attached hydrogen (secondary N) is 1. The molecule has 21 heavy (non-hydrogen) atoms. The molecule has 1 unspecified atom stereocenters. The molecule has 1 fully saturated rings. The smallest absolute Gasteiger partial charge is 0.243 e. The molecule has 6 heteroatoms. The molecule has 0 aromatic heterocycles. The number of nitrogens with zero attached hydrogens (tertiary/aromatic N) is 2. The van der Waals surface area contributed by atoms with Crippen LogP contribution in [0.15, 0.2) is 29.2 Å². The minimum atomic E-state index is -3.38. The van der Waals surface area contributed by atoms with Gasteiger partial charge in [-0.2, -0.15) is 4.31 Å². The van der Waals surface area contributed by atoms with Crippen molar-refractivity contribution in [1.82, 2.24) is 9.21 Å². The monoisotopic (exact) mass is 311 g/mol. The second-order valence-electron chi connectivity index (χ2n) is 5.40. The fourth-order valence-corrected chi connectivity index (χ4v) is 4.26. The van der Waals surface area contributed by atoms with Crippen molar-refractivity contribution >= 4 is 15.7 Å². The summed E-state index contributed by atoms with van der Waals surface area (Å²) >= 11 is 0. The van der Waals surface area contributed by atoms with Gasteiger partial charge in [0.1, 0.15) is 0 Å². The van der Waals surface area contributed by atoms with Gasteiger partial charge in [0, 0.05) is 37.9 Å². The Balaban J connectivity index is 2.14. The average Bonchev–Trinajstić information content (AvgIpc) is 2.48. The van der Waals surface area contributed by atoms with Crippen LogP contribution in [0, 0.1) is 0 Å². The third-order valence-corrected chi connectivity index (χ3v) is 5.89. The van der Waals surface area contributed by atoms with E-state index >= 15 is 0 Å². The van der Waals surface area contributed by atoms with Crippen molar-refractivity contribution in [2.75, 3.05) is 38.0 Å². The third-order valence-electron chi connectivity index (χ3n) is 4.01. The van der Waals surface area contributed by atoms with E-state index in [1.165, 1.54) is 0 Å². The van der Waals surface area contributed by atoms with Gasteiger partial charge in [-0.3, -0.25) is 4.90 Å². The van der Waals surface area contributed by atoms with E-state index in [1.54, 1.807) is 16.4 Å². The maximum atomic E-state index is 12.7. The fraction of sp³-hybridized carbons (Fsp3) is 0.600. The van der Waals surface area contributed by atoms with E-state index in [9.17, 15) is 8.42 Å². The highest BCUT2D eigenvalue weighted by molar-refractivity contribution is 7.89. The van der Waals surface area contributed by atoms with Crippen LogP contribution in [0.2, 0.25) is 0 Å². The van der Waals surface area contributed by atoms with E-state index in [2.05, 4.69) is 24.1 Å². The van der Waals surface area contributed by atoms with Crippen LogP contribution in [0.1, 0.15) is 20.8 Å². The first kappa shape index (κ1) is 16.3. The van der Waals surface area contributed by atoms with E-state index in [1.807, 2.05) is 19.1 Å². The zero-order valence-corrected chi connectivity index (χ0v) is 13.9. The van der Waals surface area contributed by atoms with E-state index < -0.39 is 10.0 Å². The maximum absolute atomic E-state index is 12.7. The molecule has 0 aliphatic carbocycles. The highest BCUT2D eigenvalue weighted by Crippen LogP contribution is 2.21. The first-order valence-corrected chi connectivity index (χ1v) is 9.01. The molecule has 1 aliphatic heterocycles. The fourth-order valence-electron chi connectivity index (χ4n) is 2.75. The molecule has 118 valence electrons. The molecular formula is C15H25N3O2S. The third kappa shape index (κ3) is 3.56. The molecule has 1 atom stereocenters. The molecule has 1 aliphatic rings. The summed E-state index contributed by atoms with van der Waals surface area (Å²) in [5.74, 6) is 0. The lowest BCUT2D eigenvalue weighted by Gasteiger charge is -2.38. The Morgan fingerprint density at radius 3 is 2.38 bits per heavy atom. The number of sulfonamides is 1. The lowest BCUT2D eigenvalue weighted by molar-refractivity contribution is 0.135. The van der Waals surface area contributed by atoms with Crippen molar-refractivity contribution in [2.24, 2.45) is 0 Å². The van der Waals surface area contributed by atoms with Crippen LogP contribution in [0.3, 0.4) is 0 Å². The molecule has 1 saturated heterocycles. The molecule has 0 bridgehead atoms. The van der Waals surface area contributed by atoms with Gasteiger partial charge in [-0.05, 0) is 44.7 Å². The van der Waals surface area contributed by atoms with Gasteiger partial charge in [-0.25, -0.2) is 8.42 Å². The molecular weight excluding hydrogens is 286 g/mol. The Hall–Kier alpha value is -1.11. The predicted octanol–water partition coefficient (Wildman–Crippen LogP) is 1.83. The van der Waals surface area contributed by atoms with Gasteiger partial charge in [0.15, 0.2) is 0 Å². The second kappa shape index (κ2) is 6.77. The molecule has 0 saturated carbocycles. The number of benzene rings is 1. The first-order chi connectivity index (χ1) is 9.98. The Morgan fingerprint density at radius 2 is 1.86 bits per heavy atom. The summed E-state index contributed by atoms with van der Waals surface area (Å²) in [4.78, 5) is 2.68. The SMILES string of the molecule is CCNc1ccc(S(=O)(=O)N2CCN(CC)C(C)C2)cc1. The summed E-state index contributed by atoms with van der Waals surface area (Å²) < 4.78 is 27.0. The highest BCUT2D eigenvalue weighted by Gasteiger charge is 2.31. The van der Waals surface area contributed by atoms with Crippen LogP contribution in [0.25, 0.3) is 0 Å². The molecule has 1 N–H and O–H groups in total. The topological polar surface area (TPSA) is 52.7 Å². The van der Waals surface area contributed by atoms with Gasteiger partial charge in [0.05, 0.1) is 4.90 Å². The van der Waals surface area contributed by atoms with Gasteiger partial charge in [0.25, 0.3) is 0 Å². The normalized spacial score (nSPS) is 21.4. The predicted molar refractivity (Wildman–Crippen MR) is 86.1 cm³/mol. The molecule has 1 aromatic carbocycles. The van der Waals surface area contributed by atoms with E-state index in [0.717, 1.165) is 25.3 Å². The van der Waals surface area contributed by atoms with Crippen LogP contribution < -0.4 is 5.32 Å². The standard InChI is InChI=1S/C15H25N3O2S/c1-4-16-14-6-8-15(9-7-14)21(19,20)18-11-10-17(5-2)13(3)12-18/h6-9,13,16H,4-5,10-12H2,1-3H3. The van der Waals surface area contributed by atoms with E-state index in [4.69, 9.17) is 0 Å². The number of hydrogen-bond acceptors (Lipinski definition) is 4. The van der Waals surface area contributed by atoms with E-state index in [0.29, 0.717) is 18.0 Å². The molecule has 0 spiro atoms. The van der Waals surface area contributed by atoms with Crippen molar-refractivity contribution in [1.29, 1.82) is 0 Å². The lowest BCUT2D eigenvalue weighted by Crippen LogP contribution is -2.53. The van der Waals surface area contributed by atoms with Gasteiger partial charge < -0.3 is 5.32 Å². The van der Waals surface area contributed by atoms with Crippen molar-refractivity contribution in [3.8, 4) is 0 Å². The average molecular weight is 311 g/mol. The second-order valence-corrected chi connectivity index (χ2v) is 7.33. The quantitative estimate of drug-likeness (QED) is 0.901. The summed E-state index contributed by atoms with van der Waals surface area (Å²) in [6.07, 6.45) is 0. The number of piperazine rings is 1. The first-order valence-electron chi connectivity index (χ1n) is 7.57. The summed E-state index contributed by atoms with van der Waals surface area (Å²) in [5, 5.41) is 3.17. The van der Waals surface area contributed by atoms with Crippen molar-refractivity contribution in [3.05, 3.63) is 24.3 Å². The van der Waals surface area contributed by atoms with Gasteiger partial charge in [-0.15, -0.1) is 0 Å². The molecule has 0 amide bonds. The Morgan fingerprint density at radius 1 is 1.19 bits per heavy atom. The lowest BCUT2D eigenvalue weighted by atomic mass is 10.2. The largest absolute Gasteiger partial charge is 0.385 e. The highest BCUT2D eigenvalue weighted by atomic mass is 32.2. The Kier molecular flexibility index (Phi) is 5.24. The van der Waals surface area contributed by atoms with Crippen LogP contribution in [-0.2, 0) is 10.0 Å². The van der Waals surface area contributed by atoms with Gasteiger partial charge in [-0.1, -0.05) is 6.92 Å². The minimum Gasteiger partial charge on any atom is -0.385 e. The van der Waals surface area contributed by atoms with Crippen molar-refractivity contribution in [2.45, 2.75) is 31.7 Å². The maximum Gasteiger partial charge on any atom is 0.243 e. The van der Waals surface area contributed by atoms with Crippen LogP contribution >= 0.6 is 0 Å². The molecule has 1 heterocycles. The molecule has 2 rings (SSSR count). The number of likely N-dealkylation sites (N-methyl/N-ethyl adjacent to an activating group) is 1. The summed E-state index contributed by atoms with van der Waals surface area (Å²) in [7, 11) is -3.38. The molecule has 5 nitrogen and oxygen atoms in total. The van der Waals surface area contributed by atoms with Crippen LogP contribution in [-0.4, -0.2) is 56.4 Å². The summed E-state index contributed by atoms with van der Waals surface area (Å²) in [5.41, 5.74) is 0.945. The van der Waals surface area contributed by atoms with E-state index in [-0.39, 0.29) is 6.04 Å². The number of rotatable bonds is 5. The van der Waals surface area contributed by atoms with Crippen LogP contribution in [0.4, 0.5) is 5.69 Å². The van der Waals surface area contributed by atoms with Crippen LogP contribution in [0.5, 0.6) is 0 Å². The zero-order valence-electron chi connectivity index (χ0n) is 13.0. The molecule has 0 radical (unpaired) electrons. The van der Waals surface area contributed by atoms with Gasteiger partial charge >= 0.3 is 0 Å². The minimum absolute atomic E-state index is 0.263. The summed E-state index contributed by atoms with van der Waals surface area (Å²) in [6.45, 7) is 9.92.